The second kappa shape index (κ2) is 6.43. The van der Waals surface area contributed by atoms with E-state index in [0.717, 1.165) is 19.6 Å². The Kier molecular flexibility index (Phi) is 4.63. The Balaban J connectivity index is 2.07. The minimum atomic E-state index is 0.866. The summed E-state index contributed by atoms with van der Waals surface area (Å²) in [7, 11) is 4.19. The van der Waals surface area contributed by atoms with Crippen molar-refractivity contribution < 1.29 is 0 Å². The Labute approximate surface area is 115 Å². The van der Waals surface area contributed by atoms with Gasteiger partial charge in [0.2, 0.25) is 0 Å². The molecule has 0 aliphatic carbocycles. The molecule has 3 heteroatoms. The molecular formula is C16H23N3. The molecule has 0 atom stereocenters. The van der Waals surface area contributed by atoms with Crippen molar-refractivity contribution in [2.75, 3.05) is 19.4 Å². The summed E-state index contributed by atoms with van der Waals surface area (Å²) in [6.45, 7) is 5.01. The molecule has 0 bridgehead atoms. The molecule has 0 aliphatic heterocycles. The summed E-state index contributed by atoms with van der Waals surface area (Å²) >= 11 is 0. The van der Waals surface area contributed by atoms with Gasteiger partial charge in [-0.25, -0.2) is 0 Å². The maximum atomic E-state index is 3.55. The Morgan fingerprint density at radius 2 is 1.89 bits per heavy atom. The Morgan fingerprint density at radius 1 is 1.11 bits per heavy atom. The summed E-state index contributed by atoms with van der Waals surface area (Å²) in [5, 5.41) is 3.55. The molecule has 0 spiro atoms. The number of aromatic nitrogens is 1. The summed E-state index contributed by atoms with van der Waals surface area (Å²) in [6.07, 6.45) is 2.13. The van der Waals surface area contributed by atoms with E-state index in [1.165, 1.54) is 16.9 Å². The van der Waals surface area contributed by atoms with Gasteiger partial charge >= 0.3 is 0 Å². The molecule has 3 nitrogen and oxygen atoms in total. The lowest BCUT2D eigenvalue weighted by atomic mass is 10.1. The van der Waals surface area contributed by atoms with Crippen LogP contribution in [-0.2, 0) is 19.6 Å². The number of hydrogen-bond acceptors (Lipinski definition) is 2. The van der Waals surface area contributed by atoms with Crippen LogP contribution in [0.15, 0.2) is 42.6 Å². The number of hydrogen-bond donors (Lipinski definition) is 1. The lowest BCUT2D eigenvalue weighted by Crippen LogP contribution is -2.13. The molecule has 0 amide bonds. The normalized spacial score (nSPS) is 10.9. The predicted molar refractivity (Wildman–Crippen MR) is 81.3 cm³/mol. The first-order chi connectivity index (χ1) is 9.20. The maximum absolute atomic E-state index is 3.55. The summed E-state index contributed by atoms with van der Waals surface area (Å²) in [6, 6.07) is 12.8. The SMILES string of the molecule is CCn1cccc1CNc1ccccc1CN(C)C. The highest BCUT2D eigenvalue weighted by molar-refractivity contribution is 5.51. The Bertz CT molecular complexity index is 514. The second-order valence-corrected chi connectivity index (χ2v) is 5.03. The van der Waals surface area contributed by atoms with Gasteiger partial charge in [0, 0.05) is 30.7 Å². The zero-order valence-electron chi connectivity index (χ0n) is 12.1. The minimum Gasteiger partial charge on any atom is -0.379 e. The van der Waals surface area contributed by atoms with Crippen molar-refractivity contribution in [3.05, 3.63) is 53.9 Å². The van der Waals surface area contributed by atoms with Crippen molar-refractivity contribution in [1.82, 2.24) is 9.47 Å². The lowest BCUT2D eigenvalue weighted by molar-refractivity contribution is 0.403. The van der Waals surface area contributed by atoms with E-state index < -0.39 is 0 Å². The fourth-order valence-electron chi connectivity index (χ4n) is 2.28. The zero-order chi connectivity index (χ0) is 13.7. The van der Waals surface area contributed by atoms with Crippen LogP contribution >= 0.6 is 0 Å². The first kappa shape index (κ1) is 13.7. The topological polar surface area (TPSA) is 20.2 Å². The fourth-order valence-corrected chi connectivity index (χ4v) is 2.28. The molecule has 0 fully saturated rings. The molecule has 0 saturated carbocycles. The van der Waals surface area contributed by atoms with Crippen molar-refractivity contribution in [2.24, 2.45) is 0 Å². The molecule has 2 rings (SSSR count). The van der Waals surface area contributed by atoms with Gasteiger partial charge in [0.05, 0.1) is 6.54 Å². The van der Waals surface area contributed by atoms with Gasteiger partial charge in [0.15, 0.2) is 0 Å². The van der Waals surface area contributed by atoms with E-state index in [2.05, 4.69) is 78.4 Å². The highest BCUT2D eigenvalue weighted by Gasteiger charge is 2.04. The average molecular weight is 257 g/mol. The largest absolute Gasteiger partial charge is 0.379 e. The molecule has 0 radical (unpaired) electrons. The van der Waals surface area contributed by atoms with Crippen LogP contribution in [0.5, 0.6) is 0 Å². The van der Waals surface area contributed by atoms with Crippen LogP contribution in [-0.4, -0.2) is 23.6 Å². The number of nitrogens with one attached hydrogen (secondary N) is 1. The first-order valence-corrected chi connectivity index (χ1v) is 6.81. The van der Waals surface area contributed by atoms with Crippen LogP contribution in [0, 0.1) is 0 Å². The average Bonchev–Trinajstić information content (AvgIpc) is 2.84. The van der Waals surface area contributed by atoms with Crippen LogP contribution in [0.4, 0.5) is 5.69 Å². The van der Waals surface area contributed by atoms with Gasteiger partial charge < -0.3 is 14.8 Å². The summed E-state index contributed by atoms with van der Waals surface area (Å²) < 4.78 is 2.27. The highest BCUT2D eigenvalue weighted by atomic mass is 15.1. The maximum Gasteiger partial charge on any atom is 0.0553 e. The number of aryl methyl sites for hydroxylation is 1. The third-order valence-corrected chi connectivity index (χ3v) is 3.23. The van der Waals surface area contributed by atoms with E-state index >= 15 is 0 Å². The molecule has 19 heavy (non-hydrogen) atoms. The van der Waals surface area contributed by atoms with E-state index in [-0.39, 0.29) is 0 Å². The first-order valence-electron chi connectivity index (χ1n) is 6.81. The quantitative estimate of drug-likeness (QED) is 0.857. The van der Waals surface area contributed by atoms with Crippen LogP contribution in [0.2, 0.25) is 0 Å². The van der Waals surface area contributed by atoms with Gasteiger partial charge in [-0.3, -0.25) is 0 Å². The number of anilines is 1. The van der Waals surface area contributed by atoms with Gasteiger partial charge in [-0.2, -0.15) is 0 Å². The minimum absolute atomic E-state index is 0.866. The summed E-state index contributed by atoms with van der Waals surface area (Å²) in [5.41, 5.74) is 3.88. The van der Waals surface area contributed by atoms with E-state index in [1.54, 1.807) is 0 Å². The van der Waals surface area contributed by atoms with Crippen molar-refractivity contribution in [3.8, 4) is 0 Å². The van der Waals surface area contributed by atoms with Gasteiger partial charge in [-0.15, -0.1) is 0 Å². The van der Waals surface area contributed by atoms with E-state index in [1.807, 2.05) is 0 Å². The number of benzene rings is 1. The molecule has 0 aliphatic rings. The number of nitrogens with zero attached hydrogens (tertiary/aromatic N) is 2. The van der Waals surface area contributed by atoms with Crippen LogP contribution in [0.25, 0.3) is 0 Å². The summed E-state index contributed by atoms with van der Waals surface area (Å²) in [4.78, 5) is 2.19. The molecule has 0 saturated heterocycles. The molecule has 102 valence electrons. The molecule has 1 N–H and O–H groups in total. The second-order valence-electron chi connectivity index (χ2n) is 5.03. The van der Waals surface area contributed by atoms with E-state index in [0.29, 0.717) is 0 Å². The van der Waals surface area contributed by atoms with E-state index in [9.17, 15) is 0 Å². The smallest absolute Gasteiger partial charge is 0.0553 e. The third-order valence-electron chi connectivity index (χ3n) is 3.23. The van der Waals surface area contributed by atoms with Gasteiger partial charge in [-0.05, 0) is 44.8 Å². The van der Waals surface area contributed by atoms with Gasteiger partial charge in [0.1, 0.15) is 0 Å². The van der Waals surface area contributed by atoms with Crippen molar-refractivity contribution in [3.63, 3.8) is 0 Å². The molecule has 0 unspecified atom stereocenters. The fraction of sp³-hybridized carbons (Fsp3) is 0.375. The van der Waals surface area contributed by atoms with Crippen LogP contribution in [0.1, 0.15) is 18.2 Å². The number of rotatable bonds is 6. The molecule has 1 aromatic heterocycles. The van der Waals surface area contributed by atoms with Gasteiger partial charge in [-0.1, -0.05) is 18.2 Å². The van der Waals surface area contributed by atoms with Crippen LogP contribution in [0.3, 0.4) is 0 Å². The van der Waals surface area contributed by atoms with Crippen molar-refractivity contribution >= 4 is 5.69 Å². The molecule has 1 aromatic carbocycles. The Hall–Kier alpha value is -1.74. The van der Waals surface area contributed by atoms with Crippen molar-refractivity contribution in [2.45, 2.75) is 26.6 Å². The standard InChI is InChI=1S/C16H23N3/c1-4-19-11-7-9-15(19)12-17-16-10-6-5-8-14(16)13-18(2)3/h5-11,17H,4,12-13H2,1-3H3. The molecule has 1 heterocycles. The van der Waals surface area contributed by atoms with E-state index in [4.69, 9.17) is 0 Å². The predicted octanol–water partition coefficient (Wildman–Crippen LogP) is 3.18. The number of para-hydroxylation sites is 1. The third kappa shape index (κ3) is 3.61. The van der Waals surface area contributed by atoms with Crippen LogP contribution < -0.4 is 5.32 Å². The molecular weight excluding hydrogens is 234 g/mol. The zero-order valence-corrected chi connectivity index (χ0v) is 12.1. The molecule has 2 aromatic rings. The van der Waals surface area contributed by atoms with Gasteiger partial charge in [0.25, 0.3) is 0 Å². The van der Waals surface area contributed by atoms with Crippen molar-refractivity contribution in [1.29, 1.82) is 0 Å². The lowest BCUT2D eigenvalue weighted by Gasteiger charge is -2.16. The monoisotopic (exact) mass is 257 g/mol. The Morgan fingerprint density at radius 3 is 2.63 bits per heavy atom. The highest BCUT2D eigenvalue weighted by Crippen LogP contribution is 2.17. The summed E-state index contributed by atoms with van der Waals surface area (Å²) in [5.74, 6) is 0.